The van der Waals surface area contributed by atoms with Gasteiger partial charge in [-0.2, -0.15) is 0 Å². The van der Waals surface area contributed by atoms with Crippen LogP contribution in [0.15, 0.2) is 42.5 Å². The number of carboxylic acid groups (broad SMARTS) is 1. The highest BCUT2D eigenvalue weighted by Crippen LogP contribution is 2.34. The fourth-order valence-corrected chi connectivity index (χ4v) is 1.73. The molecule has 7 nitrogen and oxygen atoms in total. The number of aromatic carboxylic acids is 1. The molecule has 21 heavy (non-hydrogen) atoms. The van der Waals surface area contributed by atoms with Crippen molar-refractivity contribution in [1.29, 1.82) is 0 Å². The lowest BCUT2D eigenvalue weighted by Gasteiger charge is -2.09. The Bertz CT molecular complexity index is 683. The van der Waals surface area contributed by atoms with Gasteiger partial charge in [0.2, 0.25) is 0 Å². The molecule has 0 aliphatic rings. The standard InChI is InChI=1S/C14H11NO6/c16-12-7-11(15(19)20)10(14(17)18)6-13(12)21-8-9-4-2-1-3-5-9/h1-7,16H,8H2,(H,17,18). The van der Waals surface area contributed by atoms with E-state index in [2.05, 4.69) is 0 Å². The lowest BCUT2D eigenvalue weighted by molar-refractivity contribution is -0.385. The second-order valence-electron chi connectivity index (χ2n) is 4.17. The minimum atomic E-state index is -1.47. The van der Waals surface area contributed by atoms with E-state index in [1.807, 2.05) is 6.07 Å². The third-order valence-corrected chi connectivity index (χ3v) is 2.74. The second kappa shape index (κ2) is 5.91. The number of phenolic OH excluding ortho intramolecular Hbond substituents is 1. The Morgan fingerprint density at radius 1 is 1.24 bits per heavy atom. The number of hydrogen-bond donors (Lipinski definition) is 2. The molecule has 2 N–H and O–H groups in total. The van der Waals surface area contributed by atoms with Crippen LogP contribution in [0.1, 0.15) is 15.9 Å². The van der Waals surface area contributed by atoms with E-state index in [1.54, 1.807) is 24.3 Å². The van der Waals surface area contributed by atoms with Crippen molar-refractivity contribution in [1.82, 2.24) is 0 Å². The topological polar surface area (TPSA) is 110 Å². The number of nitrogens with zero attached hydrogens (tertiary/aromatic N) is 1. The lowest BCUT2D eigenvalue weighted by Crippen LogP contribution is -2.04. The van der Waals surface area contributed by atoms with Crippen molar-refractivity contribution in [3.05, 3.63) is 63.7 Å². The van der Waals surface area contributed by atoms with Crippen molar-refractivity contribution in [2.45, 2.75) is 6.61 Å². The highest BCUT2D eigenvalue weighted by Gasteiger charge is 2.23. The number of carboxylic acids is 1. The minimum Gasteiger partial charge on any atom is -0.504 e. The normalized spacial score (nSPS) is 10.1. The van der Waals surface area contributed by atoms with Gasteiger partial charge in [-0.15, -0.1) is 0 Å². The van der Waals surface area contributed by atoms with Crippen LogP contribution < -0.4 is 4.74 Å². The molecule has 0 saturated carbocycles. The number of hydrogen-bond acceptors (Lipinski definition) is 5. The van der Waals surface area contributed by atoms with Crippen LogP contribution in [0.25, 0.3) is 0 Å². The van der Waals surface area contributed by atoms with Gasteiger partial charge < -0.3 is 14.9 Å². The van der Waals surface area contributed by atoms with Crippen molar-refractivity contribution >= 4 is 11.7 Å². The van der Waals surface area contributed by atoms with Gasteiger partial charge in [-0.1, -0.05) is 30.3 Å². The summed E-state index contributed by atoms with van der Waals surface area (Å²) in [5.74, 6) is -2.07. The Kier molecular flexibility index (Phi) is 4.03. The van der Waals surface area contributed by atoms with Gasteiger partial charge >= 0.3 is 5.97 Å². The molecule has 0 fully saturated rings. The molecule has 0 spiro atoms. The zero-order valence-corrected chi connectivity index (χ0v) is 10.7. The molecule has 0 aliphatic carbocycles. The molecule has 0 radical (unpaired) electrons. The Labute approximate surface area is 119 Å². The highest BCUT2D eigenvalue weighted by molar-refractivity contribution is 5.93. The first-order valence-corrected chi connectivity index (χ1v) is 5.90. The molecule has 0 aliphatic heterocycles. The molecule has 0 aromatic heterocycles. The molecule has 2 aromatic carbocycles. The Hall–Kier alpha value is -3.09. The second-order valence-corrected chi connectivity index (χ2v) is 4.17. The number of ether oxygens (including phenoxy) is 1. The number of nitro groups is 1. The maximum absolute atomic E-state index is 11.0. The summed E-state index contributed by atoms with van der Waals surface area (Å²) in [7, 11) is 0. The van der Waals surface area contributed by atoms with E-state index < -0.39 is 27.9 Å². The van der Waals surface area contributed by atoms with Gasteiger partial charge in [-0.3, -0.25) is 10.1 Å². The molecule has 0 unspecified atom stereocenters. The smallest absolute Gasteiger partial charge is 0.342 e. The van der Waals surface area contributed by atoms with E-state index in [0.717, 1.165) is 17.7 Å². The van der Waals surface area contributed by atoms with Gasteiger partial charge in [-0.05, 0) is 5.56 Å². The van der Waals surface area contributed by atoms with Gasteiger partial charge in [0.15, 0.2) is 11.5 Å². The van der Waals surface area contributed by atoms with E-state index in [0.29, 0.717) is 0 Å². The van der Waals surface area contributed by atoms with Crippen molar-refractivity contribution in [3.8, 4) is 11.5 Å². The summed E-state index contributed by atoms with van der Waals surface area (Å²) < 4.78 is 5.31. The van der Waals surface area contributed by atoms with Crippen LogP contribution in [0.4, 0.5) is 5.69 Å². The average molecular weight is 289 g/mol. The zero-order valence-electron chi connectivity index (χ0n) is 10.7. The predicted octanol–water partition coefficient (Wildman–Crippen LogP) is 2.58. The summed E-state index contributed by atoms with van der Waals surface area (Å²) in [6, 6.07) is 10.7. The number of nitro benzene ring substituents is 1. The first-order chi connectivity index (χ1) is 9.99. The van der Waals surface area contributed by atoms with Crippen LogP contribution in [0.5, 0.6) is 11.5 Å². The molecule has 0 heterocycles. The van der Waals surface area contributed by atoms with Gasteiger partial charge in [0.1, 0.15) is 12.2 Å². The van der Waals surface area contributed by atoms with Crippen LogP contribution >= 0.6 is 0 Å². The van der Waals surface area contributed by atoms with Crippen LogP contribution in [-0.2, 0) is 6.61 Å². The van der Waals surface area contributed by atoms with Gasteiger partial charge in [0.25, 0.3) is 5.69 Å². The zero-order chi connectivity index (χ0) is 15.4. The van der Waals surface area contributed by atoms with Crippen LogP contribution in [-0.4, -0.2) is 21.1 Å². The molecular formula is C14H11NO6. The van der Waals surface area contributed by atoms with Crippen molar-refractivity contribution in [3.63, 3.8) is 0 Å². The molecule has 0 atom stereocenters. The molecular weight excluding hydrogens is 278 g/mol. The summed E-state index contributed by atoms with van der Waals surface area (Å²) in [5.41, 5.74) is -0.417. The van der Waals surface area contributed by atoms with Crippen molar-refractivity contribution < 1.29 is 24.7 Å². The minimum absolute atomic E-state index is 0.102. The fourth-order valence-electron chi connectivity index (χ4n) is 1.73. The number of carbonyl (C=O) groups is 1. The van der Waals surface area contributed by atoms with Crippen LogP contribution in [0.3, 0.4) is 0 Å². The van der Waals surface area contributed by atoms with Crippen molar-refractivity contribution in [2.24, 2.45) is 0 Å². The number of aromatic hydroxyl groups is 1. The molecule has 2 rings (SSSR count). The SMILES string of the molecule is O=C(O)c1cc(OCc2ccccc2)c(O)cc1[N+](=O)[O-]. The fraction of sp³-hybridized carbons (Fsp3) is 0.0714. The molecule has 7 heteroatoms. The predicted molar refractivity (Wildman–Crippen MR) is 72.5 cm³/mol. The number of rotatable bonds is 5. The Balaban J connectivity index is 2.30. The summed E-state index contributed by atoms with van der Waals surface area (Å²) in [6.45, 7) is 0.102. The van der Waals surface area contributed by atoms with Gasteiger partial charge in [0, 0.05) is 6.07 Å². The molecule has 0 amide bonds. The van der Waals surface area contributed by atoms with Crippen LogP contribution in [0, 0.1) is 10.1 Å². The third-order valence-electron chi connectivity index (χ3n) is 2.74. The molecule has 108 valence electrons. The number of phenols is 1. The first-order valence-electron chi connectivity index (χ1n) is 5.90. The van der Waals surface area contributed by atoms with Crippen molar-refractivity contribution in [2.75, 3.05) is 0 Å². The quantitative estimate of drug-likeness (QED) is 0.646. The van der Waals surface area contributed by atoms with Crippen LogP contribution in [0.2, 0.25) is 0 Å². The molecule has 0 bridgehead atoms. The van der Waals surface area contributed by atoms with Gasteiger partial charge in [0.05, 0.1) is 11.0 Å². The van der Waals surface area contributed by atoms with E-state index in [-0.39, 0.29) is 12.4 Å². The Morgan fingerprint density at radius 2 is 1.90 bits per heavy atom. The third kappa shape index (κ3) is 3.27. The number of benzene rings is 2. The highest BCUT2D eigenvalue weighted by atomic mass is 16.6. The summed E-state index contributed by atoms with van der Waals surface area (Å²) >= 11 is 0. The maximum Gasteiger partial charge on any atom is 0.342 e. The summed E-state index contributed by atoms with van der Waals surface area (Å²) in [5, 5.41) is 29.4. The maximum atomic E-state index is 11.0. The van der Waals surface area contributed by atoms with E-state index in [1.165, 1.54) is 0 Å². The van der Waals surface area contributed by atoms with E-state index in [9.17, 15) is 20.0 Å². The largest absolute Gasteiger partial charge is 0.504 e. The molecule has 0 saturated heterocycles. The van der Waals surface area contributed by atoms with E-state index >= 15 is 0 Å². The monoisotopic (exact) mass is 289 g/mol. The summed E-state index contributed by atoms with van der Waals surface area (Å²) in [6.07, 6.45) is 0. The summed E-state index contributed by atoms with van der Waals surface area (Å²) in [4.78, 5) is 20.9. The van der Waals surface area contributed by atoms with Gasteiger partial charge in [-0.25, -0.2) is 4.79 Å². The Morgan fingerprint density at radius 3 is 2.48 bits per heavy atom. The average Bonchev–Trinajstić information content (AvgIpc) is 2.46. The molecule has 2 aromatic rings. The lowest BCUT2D eigenvalue weighted by atomic mass is 10.1. The first kappa shape index (κ1) is 14.3. The van der Waals surface area contributed by atoms with E-state index in [4.69, 9.17) is 9.84 Å².